The van der Waals surface area contributed by atoms with Crippen LogP contribution < -0.4 is 0 Å². The normalized spacial score (nSPS) is 11.5. The van der Waals surface area contributed by atoms with E-state index < -0.39 is 0 Å². The highest BCUT2D eigenvalue weighted by atomic mass is 32.2. The molecule has 0 saturated carbocycles. The standard InChI is InChI=1S/C14H20N2S/c1-4-17-12-5-6-14-13(9-12)11(10-15-14)7-8-16(2)3/h5-6,9-10,15H,4,7-8H2,1-3H3. The summed E-state index contributed by atoms with van der Waals surface area (Å²) in [6.07, 6.45) is 3.25. The predicted octanol–water partition coefficient (Wildman–Crippen LogP) is 3.38. The minimum Gasteiger partial charge on any atom is -0.361 e. The Bertz CT molecular complexity index is 488. The van der Waals surface area contributed by atoms with Crippen molar-refractivity contribution < 1.29 is 0 Å². The predicted molar refractivity (Wildman–Crippen MR) is 77.0 cm³/mol. The second-order valence-electron chi connectivity index (χ2n) is 4.51. The molecule has 2 rings (SSSR count). The van der Waals surface area contributed by atoms with Crippen LogP contribution in [0.25, 0.3) is 10.9 Å². The third-order valence-electron chi connectivity index (χ3n) is 2.88. The molecule has 0 spiro atoms. The van der Waals surface area contributed by atoms with Crippen LogP contribution in [0.5, 0.6) is 0 Å². The summed E-state index contributed by atoms with van der Waals surface area (Å²) in [5.41, 5.74) is 2.67. The minimum atomic E-state index is 1.10. The summed E-state index contributed by atoms with van der Waals surface area (Å²) in [6.45, 7) is 3.29. The summed E-state index contributed by atoms with van der Waals surface area (Å²) < 4.78 is 0. The van der Waals surface area contributed by atoms with Crippen molar-refractivity contribution in [3.8, 4) is 0 Å². The van der Waals surface area contributed by atoms with Crippen LogP contribution in [-0.2, 0) is 6.42 Å². The number of aromatic amines is 1. The van der Waals surface area contributed by atoms with E-state index in [2.05, 4.69) is 55.3 Å². The average Bonchev–Trinajstić information content (AvgIpc) is 2.69. The molecule has 1 aromatic carbocycles. The van der Waals surface area contributed by atoms with Crippen molar-refractivity contribution in [2.45, 2.75) is 18.2 Å². The Morgan fingerprint density at radius 3 is 2.82 bits per heavy atom. The van der Waals surface area contributed by atoms with Crippen LogP contribution in [0.15, 0.2) is 29.3 Å². The van der Waals surface area contributed by atoms with Gasteiger partial charge in [0.15, 0.2) is 0 Å². The van der Waals surface area contributed by atoms with Crippen LogP contribution in [0, 0.1) is 0 Å². The van der Waals surface area contributed by atoms with Crippen LogP contribution in [0.3, 0.4) is 0 Å². The quantitative estimate of drug-likeness (QED) is 0.818. The van der Waals surface area contributed by atoms with Crippen LogP contribution in [0.4, 0.5) is 0 Å². The second-order valence-corrected chi connectivity index (χ2v) is 5.85. The van der Waals surface area contributed by atoms with Gasteiger partial charge in [0.1, 0.15) is 0 Å². The van der Waals surface area contributed by atoms with Crippen molar-refractivity contribution in [3.63, 3.8) is 0 Å². The van der Waals surface area contributed by atoms with E-state index >= 15 is 0 Å². The summed E-state index contributed by atoms with van der Waals surface area (Å²) in [6, 6.07) is 6.69. The van der Waals surface area contributed by atoms with E-state index in [-0.39, 0.29) is 0 Å². The molecule has 0 atom stereocenters. The Kier molecular flexibility index (Phi) is 4.13. The fourth-order valence-corrected chi connectivity index (χ4v) is 2.66. The smallest absolute Gasteiger partial charge is 0.0457 e. The Balaban J connectivity index is 2.26. The molecule has 3 heteroatoms. The van der Waals surface area contributed by atoms with Gasteiger partial charge in [0, 0.05) is 28.5 Å². The van der Waals surface area contributed by atoms with Crippen LogP contribution in [0.1, 0.15) is 12.5 Å². The maximum absolute atomic E-state index is 3.35. The largest absolute Gasteiger partial charge is 0.361 e. The summed E-state index contributed by atoms with van der Waals surface area (Å²) in [5.74, 6) is 1.13. The fourth-order valence-electron chi connectivity index (χ4n) is 1.96. The first-order valence-corrected chi connectivity index (χ1v) is 7.07. The molecule has 0 amide bonds. The molecular weight excluding hydrogens is 228 g/mol. The molecule has 0 aliphatic heterocycles. The highest BCUT2D eigenvalue weighted by Crippen LogP contribution is 2.25. The third-order valence-corrected chi connectivity index (χ3v) is 3.75. The summed E-state index contributed by atoms with van der Waals surface area (Å²) in [4.78, 5) is 6.95. The van der Waals surface area contributed by atoms with Gasteiger partial charge in [-0.05, 0) is 50.0 Å². The van der Waals surface area contributed by atoms with E-state index in [1.165, 1.54) is 21.4 Å². The molecule has 0 unspecified atom stereocenters. The van der Waals surface area contributed by atoms with E-state index in [9.17, 15) is 0 Å². The molecule has 17 heavy (non-hydrogen) atoms. The molecule has 1 heterocycles. The number of rotatable bonds is 5. The molecule has 0 bridgehead atoms. The van der Waals surface area contributed by atoms with Crippen molar-refractivity contribution >= 4 is 22.7 Å². The molecule has 1 N–H and O–H groups in total. The summed E-state index contributed by atoms with van der Waals surface area (Å²) in [5, 5.41) is 1.38. The third kappa shape index (κ3) is 3.05. The van der Waals surface area contributed by atoms with Gasteiger partial charge in [-0.15, -0.1) is 11.8 Å². The van der Waals surface area contributed by atoms with Gasteiger partial charge < -0.3 is 9.88 Å². The zero-order valence-electron chi connectivity index (χ0n) is 10.8. The first-order chi connectivity index (χ1) is 8.20. The number of H-pyrrole nitrogens is 1. The number of fused-ring (bicyclic) bond motifs is 1. The SMILES string of the molecule is CCSc1ccc2[nH]cc(CCN(C)C)c2c1. The van der Waals surface area contributed by atoms with E-state index in [0.29, 0.717) is 0 Å². The maximum atomic E-state index is 3.35. The maximum Gasteiger partial charge on any atom is 0.0457 e. The van der Waals surface area contributed by atoms with Gasteiger partial charge in [0.05, 0.1) is 0 Å². The average molecular weight is 248 g/mol. The van der Waals surface area contributed by atoms with Gasteiger partial charge in [0.2, 0.25) is 0 Å². The minimum absolute atomic E-state index is 1.10. The Hall–Kier alpha value is -0.930. The molecule has 92 valence electrons. The molecule has 0 aliphatic carbocycles. The van der Waals surface area contributed by atoms with Gasteiger partial charge in [-0.3, -0.25) is 0 Å². The number of nitrogens with zero attached hydrogens (tertiary/aromatic N) is 1. The molecular formula is C14H20N2S. The van der Waals surface area contributed by atoms with Gasteiger partial charge >= 0.3 is 0 Å². The number of hydrogen-bond acceptors (Lipinski definition) is 2. The number of likely N-dealkylation sites (N-methyl/N-ethyl adjacent to an activating group) is 1. The topological polar surface area (TPSA) is 19.0 Å². The summed E-state index contributed by atoms with van der Waals surface area (Å²) in [7, 11) is 4.24. The van der Waals surface area contributed by atoms with Gasteiger partial charge in [-0.2, -0.15) is 0 Å². The second kappa shape index (κ2) is 5.61. The lowest BCUT2D eigenvalue weighted by Crippen LogP contribution is -2.14. The van der Waals surface area contributed by atoms with Gasteiger partial charge in [-0.1, -0.05) is 6.92 Å². The fraction of sp³-hybridized carbons (Fsp3) is 0.429. The molecule has 2 nitrogen and oxygen atoms in total. The highest BCUT2D eigenvalue weighted by Gasteiger charge is 2.05. The molecule has 1 aromatic heterocycles. The first-order valence-electron chi connectivity index (χ1n) is 6.08. The Labute approximate surface area is 107 Å². The Morgan fingerprint density at radius 2 is 2.12 bits per heavy atom. The van der Waals surface area contributed by atoms with E-state index in [4.69, 9.17) is 0 Å². The van der Waals surface area contributed by atoms with E-state index in [1.807, 2.05) is 11.8 Å². The molecule has 2 aromatic rings. The Morgan fingerprint density at radius 1 is 1.29 bits per heavy atom. The van der Waals surface area contributed by atoms with Gasteiger partial charge in [0.25, 0.3) is 0 Å². The molecule has 0 aliphatic rings. The van der Waals surface area contributed by atoms with Crippen molar-refractivity contribution in [1.29, 1.82) is 0 Å². The number of nitrogens with one attached hydrogen (secondary N) is 1. The number of aromatic nitrogens is 1. The van der Waals surface area contributed by atoms with E-state index in [1.54, 1.807) is 0 Å². The van der Waals surface area contributed by atoms with Crippen LogP contribution in [-0.4, -0.2) is 36.3 Å². The zero-order chi connectivity index (χ0) is 12.3. The molecule has 0 fully saturated rings. The zero-order valence-corrected chi connectivity index (χ0v) is 11.6. The van der Waals surface area contributed by atoms with Gasteiger partial charge in [-0.25, -0.2) is 0 Å². The first kappa shape index (κ1) is 12.5. The number of hydrogen-bond donors (Lipinski definition) is 1. The van der Waals surface area contributed by atoms with Crippen molar-refractivity contribution in [3.05, 3.63) is 30.0 Å². The lowest BCUT2D eigenvalue weighted by Gasteiger charge is -2.08. The van der Waals surface area contributed by atoms with Crippen molar-refractivity contribution in [2.24, 2.45) is 0 Å². The monoisotopic (exact) mass is 248 g/mol. The molecule has 0 radical (unpaired) electrons. The lowest BCUT2D eigenvalue weighted by molar-refractivity contribution is 0.414. The van der Waals surface area contributed by atoms with Crippen molar-refractivity contribution in [1.82, 2.24) is 9.88 Å². The van der Waals surface area contributed by atoms with Crippen molar-refractivity contribution in [2.75, 3.05) is 26.4 Å². The molecule has 0 saturated heterocycles. The van der Waals surface area contributed by atoms with Crippen LogP contribution in [0.2, 0.25) is 0 Å². The van der Waals surface area contributed by atoms with E-state index in [0.717, 1.165) is 18.7 Å². The lowest BCUT2D eigenvalue weighted by atomic mass is 10.1. The van der Waals surface area contributed by atoms with Crippen LogP contribution >= 0.6 is 11.8 Å². The number of benzene rings is 1. The summed E-state index contributed by atoms with van der Waals surface area (Å²) >= 11 is 1.90. The highest BCUT2D eigenvalue weighted by molar-refractivity contribution is 7.99. The number of thioether (sulfide) groups is 1.